The molecule has 2 aromatic carbocycles. The molecule has 3 aromatic rings. The zero-order valence-electron chi connectivity index (χ0n) is 16.8. The van der Waals surface area contributed by atoms with Crippen LogP contribution in [0.3, 0.4) is 0 Å². The molecule has 0 aliphatic carbocycles. The second-order valence-corrected chi connectivity index (χ2v) is 7.66. The van der Waals surface area contributed by atoms with Crippen molar-refractivity contribution in [3.63, 3.8) is 0 Å². The third kappa shape index (κ3) is 5.62. The largest absolute Gasteiger partial charge is 0.493 e. The Bertz CT molecular complexity index is 1130. The Balaban J connectivity index is 1.92. The number of benzene rings is 2. The molecule has 164 valence electrons. The number of rotatable bonds is 10. The molecule has 3 rings (SSSR count). The molecule has 0 radical (unpaired) electrons. The summed E-state index contributed by atoms with van der Waals surface area (Å²) >= 11 is 12.5. The standard InChI is InChI=1S/C22H22Cl2N2O5/c1-30-17-10-9-13-16(25-21-14(23)6-5-7-15(21)24)12-18(27)26-20(13)22(17)31-11-4-2-3-8-19(28)29/h5-7,9-10,12H,2-4,8,11H2,1H3,(H,28,29)(H2,25,26,27). The lowest BCUT2D eigenvalue weighted by atomic mass is 10.1. The summed E-state index contributed by atoms with van der Waals surface area (Å²) in [6, 6.07) is 10.1. The first-order valence-corrected chi connectivity index (χ1v) is 10.5. The Morgan fingerprint density at radius 3 is 2.55 bits per heavy atom. The molecule has 0 aliphatic rings. The van der Waals surface area contributed by atoms with Gasteiger partial charge in [0.05, 0.1) is 40.7 Å². The number of unbranched alkanes of at least 4 members (excludes halogenated alkanes) is 2. The number of methoxy groups -OCH3 is 1. The molecule has 9 heteroatoms. The van der Waals surface area contributed by atoms with Gasteiger partial charge in [-0.2, -0.15) is 0 Å². The number of pyridine rings is 1. The molecule has 0 spiro atoms. The van der Waals surface area contributed by atoms with Crippen LogP contribution in [0.15, 0.2) is 41.2 Å². The quantitative estimate of drug-likeness (QED) is 0.337. The van der Waals surface area contributed by atoms with E-state index in [4.69, 9.17) is 37.8 Å². The minimum atomic E-state index is -0.812. The van der Waals surface area contributed by atoms with Crippen LogP contribution < -0.4 is 20.3 Å². The topological polar surface area (TPSA) is 101 Å². The van der Waals surface area contributed by atoms with Gasteiger partial charge in [0.25, 0.3) is 5.56 Å². The number of carbonyl (C=O) groups is 1. The summed E-state index contributed by atoms with van der Waals surface area (Å²) in [6.45, 7) is 0.352. The number of aromatic nitrogens is 1. The van der Waals surface area contributed by atoms with E-state index in [-0.39, 0.29) is 12.0 Å². The highest BCUT2D eigenvalue weighted by Gasteiger charge is 2.16. The molecule has 1 aromatic heterocycles. The maximum atomic E-state index is 12.4. The van der Waals surface area contributed by atoms with E-state index < -0.39 is 5.97 Å². The average Bonchev–Trinajstić information content (AvgIpc) is 2.72. The highest BCUT2D eigenvalue weighted by molar-refractivity contribution is 6.39. The van der Waals surface area contributed by atoms with Gasteiger partial charge in [-0.05, 0) is 43.5 Å². The maximum Gasteiger partial charge on any atom is 0.303 e. The third-order valence-electron chi connectivity index (χ3n) is 4.66. The van der Waals surface area contributed by atoms with E-state index in [1.807, 2.05) is 0 Å². The summed E-state index contributed by atoms with van der Waals surface area (Å²) < 4.78 is 11.3. The van der Waals surface area contributed by atoms with Gasteiger partial charge in [0.2, 0.25) is 0 Å². The monoisotopic (exact) mass is 464 g/mol. The number of aliphatic carboxylic acids is 1. The smallest absolute Gasteiger partial charge is 0.303 e. The fraction of sp³-hybridized carbons (Fsp3) is 0.273. The van der Waals surface area contributed by atoms with E-state index in [0.29, 0.717) is 69.7 Å². The number of ether oxygens (including phenoxy) is 2. The Morgan fingerprint density at radius 1 is 1.13 bits per heavy atom. The van der Waals surface area contributed by atoms with Crippen LogP contribution in [0.4, 0.5) is 11.4 Å². The van der Waals surface area contributed by atoms with Crippen LogP contribution in [0.1, 0.15) is 25.7 Å². The van der Waals surface area contributed by atoms with Crippen molar-refractivity contribution in [3.05, 3.63) is 56.8 Å². The minimum absolute atomic E-state index is 0.130. The van der Waals surface area contributed by atoms with Crippen LogP contribution in [-0.2, 0) is 4.79 Å². The van der Waals surface area contributed by atoms with E-state index in [0.717, 1.165) is 0 Å². The molecule has 0 bridgehead atoms. The van der Waals surface area contributed by atoms with Gasteiger partial charge in [0, 0.05) is 17.9 Å². The fourth-order valence-corrected chi connectivity index (χ4v) is 3.66. The number of anilines is 2. The van der Waals surface area contributed by atoms with Gasteiger partial charge in [0.15, 0.2) is 11.5 Å². The Kier molecular flexibility index (Phi) is 7.65. The maximum absolute atomic E-state index is 12.4. The highest BCUT2D eigenvalue weighted by atomic mass is 35.5. The van der Waals surface area contributed by atoms with Gasteiger partial charge in [-0.3, -0.25) is 9.59 Å². The van der Waals surface area contributed by atoms with Crippen molar-refractivity contribution < 1.29 is 19.4 Å². The molecule has 0 amide bonds. The molecule has 7 nitrogen and oxygen atoms in total. The molecule has 0 unspecified atom stereocenters. The van der Waals surface area contributed by atoms with Gasteiger partial charge in [0.1, 0.15) is 0 Å². The van der Waals surface area contributed by atoms with Gasteiger partial charge < -0.3 is 24.9 Å². The minimum Gasteiger partial charge on any atom is -0.493 e. The zero-order chi connectivity index (χ0) is 22.4. The molecular formula is C22H22Cl2N2O5. The van der Waals surface area contributed by atoms with Gasteiger partial charge >= 0.3 is 5.97 Å². The number of carboxylic acids is 1. The number of fused-ring (bicyclic) bond motifs is 1. The lowest BCUT2D eigenvalue weighted by molar-refractivity contribution is -0.137. The molecule has 0 fully saturated rings. The van der Waals surface area contributed by atoms with E-state index in [1.54, 1.807) is 30.3 Å². The van der Waals surface area contributed by atoms with Gasteiger partial charge in [-0.15, -0.1) is 0 Å². The predicted octanol–water partition coefficient (Wildman–Crippen LogP) is 5.61. The summed E-state index contributed by atoms with van der Waals surface area (Å²) in [5.74, 6) is 0.0683. The summed E-state index contributed by atoms with van der Waals surface area (Å²) in [5, 5.41) is 13.4. The number of para-hydroxylation sites is 1. The summed E-state index contributed by atoms with van der Waals surface area (Å²) in [7, 11) is 1.52. The van der Waals surface area contributed by atoms with Crippen molar-refractivity contribution in [2.45, 2.75) is 25.7 Å². The molecule has 1 heterocycles. The van der Waals surface area contributed by atoms with Gasteiger partial charge in [-0.25, -0.2) is 0 Å². The lowest BCUT2D eigenvalue weighted by Gasteiger charge is -2.16. The average molecular weight is 465 g/mol. The lowest BCUT2D eigenvalue weighted by Crippen LogP contribution is -2.09. The second kappa shape index (κ2) is 10.4. The van der Waals surface area contributed by atoms with Crippen molar-refractivity contribution in [2.75, 3.05) is 19.0 Å². The fourth-order valence-electron chi connectivity index (χ4n) is 3.17. The number of hydrogen-bond donors (Lipinski definition) is 3. The normalized spacial score (nSPS) is 10.8. The molecule has 3 N–H and O–H groups in total. The second-order valence-electron chi connectivity index (χ2n) is 6.84. The van der Waals surface area contributed by atoms with Crippen LogP contribution in [0.5, 0.6) is 11.5 Å². The first-order valence-electron chi connectivity index (χ1n) is 9.70. The first kappa shape index (κ1) is 22.8. The molecule has 31 heavy (non-hydrogen) atoms. The predicted molar refractivity (Wildman–Crippen MR) is 122 cm³/mol. The summed E-state index contributed by atoms with van der Waals surface area (Å²) in [4.78, 5) is 25.8. The van der Waals surface area contributed by atoms with E-state index in [2.05, 4.69) is 10.3 Å². The van der Waals surface area contributed by atoms with Crippen LogP contribution in [0.25, 0.3) is 10.9 Å². The van der Waals surface area contributed by atoms with E-state index in [9.17, 15) is 9.59 Å². The van der Waals surface area contributed by atoms with E-state index in [1.165, 1.54) is 13.2 Å². The Morgan fingerprint density at radius 2 is 1.87 bits per heavy atom. The summed E-state index contributed by atoms with van der Waals surface area (Å²) in [6.07, 6.45) is 2.09. The van der Waals surface area contributed by atoms with Crippen molar-refractivity contribution in [3.8, 4) is 11.5 Å². The third-order valence-corrected chi connectivity index (χ3v) is 5.29. The number of hydrogen-bond acceptors (Lipinski definition) is 5. The van der Waals surface area contributed by atoms with Crippen molar-refractivity contribution in [1.29, 1.82) is 0 Å². The number of carboxylic acid groups (broad SMARTS) is 1. The van der Waals surface area contributed by atoms with E-state index >= 15 is 0 Å². The Hall–Kier alpha value is -2.90. The van der Waals surface area contributed by atoms with Crippen molar-refractivity contribution >= 4 is 51.4 Å². The van der Waals surface area contributed by atoms with Crippen LogP contribution in [-0.4, -0.2) is 29.8 Å². The van der Waals surface area contributed by atoms with Crippen molar-refractivity contribution in [1.82, 2.24) is 4.98 Å². The number of halogens is 2. The molecule has 0 aliphatic heterocycles. The highest BCUT2D eigenvalue weighted by Crippen LogP contribution is 2.39. The SMILES string of the molecule is COc1ccc2c(Nc3c(Cl)cccc3Cl)cc(=O)[nH]c2c1OCCCCCC(=O)O. The molecule has 0 atom stereocenters. The zero-order valence-corrected chi connectivity index (χ0v) is 18.3. The molecule has 0 saturated heterocycles. The summed E-state index contributed by atoms with van der Waals surface area (Å²) in [5.41, 5.74) is 1.15. The van der Waals surface area contributed by atoms with Crippen LogP contribution in [0, 0.1) is 0 Å². The molecular weight excluding hydrogens is 443 g/mol. The number of H-pyrrole nitrogens is 1. The first-order chi connectivity index (χ1) is 14.9. The van der Waals surface area contributed by atoms with Crippen LogP contribution in [0.2, 0.25) is 10.0 Å². The van der Waals surface area contributed by atoms with Crippen LogP contribution >= 0.6 is 23.2 Å². The van der Waals surface area contributed by atoms with Gasteiger partial charge in [-0.1, -0.05) is 29.3 Å². The van der Waals surface area contributed by atoms with Crippen molar-refractivity contribution in [2.24, 2.45) is 0 Å². The Labute approximate surface area is 188 Å². The number of aromatic amines is 1. The molecule has 0 saturated carbocycles. The number of nitrogens with one attached hydrogen (secondary N) is 2.